The smallest absolute Gasteiger partial charge is 0.255 e. The highest BCUT2D eigenvalue weighted by Crippen LogP contribution is 2.27. The van der Waals surface area contributed by atoms with Crippen LogP contribution in [0.1, 0.15) is 56.1 Å². The van der Waals surface area contributed by atoms with E-state index >= 15 is 0 Å². The van der Waals surface area contributed by atoms with E-state index in [1.807, 2.05) is 54.3 Å². The molecular weight excluding hydrogens is 430 g/mol. The zero-order chi connectivity index (χ0) is 23.4. The third-order valence-corrected chi connectivity index (χ3v) is 7.45. The Labute approximate surface area is 200 Å². The van der Waals surface area contributed by atoms with Gasteiger partial charge in [-0.1, -0.05) is 32.0 Å². The van der Waals surface area contributed by atoms with Crippen LogP contribution in [0.3, 0.4) is 0 Å². The van der Waals surface area contributed by atoms with Gasteiger partial charge in [-0.15, -0.1) is 11.3 Å². The first-order valence-corrected chi connectivity index (χ1v) is 12.4. The van der Waals surface area contributed by atoms with Crippen LogP contribution in [-0.2, 0) is 19.5 Å². The summed E-state index contributed by atoms with van der Waals surface area (Å²) in [5.41, 5.74) is 5.15. The van der Waals surface area contributed by atoms with Crippen molar-refractivity contribution in [3.05, 3.63) is 86.6 Å². The fourth-order valence-corrected chi connectivity index (χ4v) is 5.15. The van der Waals surface area contributed by atoms with Crippen molar-refractivity contribution in [3.63, 3.8) is 0 Å². The summed E-state index contributed by atoms with van der Waals surface area (Å²) in [7, 11) is 0. The van der Waals surface area contributed by atoms with Gasteiger partial charge in [0.25, 0.3) is 11.8 Å². The molecule has 0 saturated carbocycles. The van der Waals surface area contributed by atoms with E-state index in [1.165, 1.54) is 16.0 Å². The monoisotopic (exact) mass is 461 g/mol. The fraction of sp³-hybridized carbons (Fsp3) is 0.333. The third-order valence-electron chi connectivity index (χ3n) is 6.42. The Hall–Kier alpha value is -2.96. The van der Waals surface area contributed by atoms with Crippen molar-refractivity contribution in [2.45, 2.75) is 40.3 Å². The number of carbonyl (C=O) groups is 2. The molecule has 2 aromatic carbocycles. The van der Waals surface area contributed by atoms with Crippen LogP contribution in [0.15, 0.2) is 53.9 Å². The summed E-state index contributed by atoms with van der Waals surface area (Å²) in [6, 6.07) is 15.4. The minimum Gasteiger partial charge on any atom is -0.334 e. The Morgan fingerprint density at radius 2 is 1.82 bits per heavy atom. The topological polar surface area (TPSA) is 52.7 Å². The summed E-state index contributed by atoms with van der Waals surface area (Å²) in [4.78, 5) is 31.7. The van der Waals surface area contributed by atoms with Gasteiger partial charge in [0.2, 0.25) is 0 Å². The molecule has 0 saturated heterocycles. The molecule has 1 aliphatic rings. The highest BCUT2D eigenvalue weighted by Gasteiger charge is 2.24. The van der Waals surface area contributed by atoms with Crippen LogP contribution in [-0.4, -0.2) is 41.2 Å². The minimum atomic E-state index is -0.169. The lowest BCUT2D eigenvalue weighted by molar-refractivity contribution is 0.0735. The molecule has 0 radical (unpaired) electrons. The van der Waals surface area contributed by atoms with Crippen molar-refractivity contribution >= 4 is 28.8 Å². The van der Waals surface area contributed by atoms with Gasteiger partial charge in [-0.2, -0.15) is 0 Å². The summed E-state index contributed by atoms with van der Waals surface area (Å²) < 4.78 is 0. The van der Waals surface area contributed by atoms with E-state index < -0.39 is 0 Å². The summed E-state index contributed by atoms with van der Waals surface area (Å²) >= 11 is 1.76. The Bertz CT molecular complexity index is 1130. The van der Waals surface area contributed by atoms with E-state index in [0.717, 1.165) is 38.2 Å². The number of benzene rings is 2. The number of hydrogen-bond donors (Lipinski definition) is 1. The molecule has 1 aliphatic heterocycles. The number of carbonyl (C=O) groups excluding carboxylic acids is 2. The van der Waals surface area contributed by atoms with Gasteiger partial charge in [0, 0.05) is 41.3 Å². The maximum atomic E-state index is 13.2. The zero-order valence-corrected chi connectivity index (χ0v) is 20.4. The fourth-order valence-electron chi connectivity index (χ4n) is 4.26. The molecule has 172 valence electrons. The van der Waals surface area contributed by atoms with Crippen LogP contribution in [0.25, 0.3) is 0 Å². The standard InChI is InChI=1S/C27H31N3O2S/c1-4-29(5-2)17-20-9-11-21(12-10-20)26(31)28-24-8-6-7-23(19(24)3)27(32)30-15-13-25-22(18-30)14-16-33-25/h6-12,14,16H,4-5,13,15,17-18H2,1-3H3,(H,28,31). The van der Waals surface area contributed by atoms with E-state index in [0.29, 0.717) is 23.4 Å². The molecule has 1 N–H and O–H groups in total. The number of rotatable bonds is 7. The Kier molecular flexibility index (Phi) is 7.26. The Morgan fingerprint density at radius 3 is 2.55 bits per heavy atom. The van der Waals surface area contributed by atoms with Gasteiger partial charge in [0.1, 0.15) is 0 Å². The van der Waals surface area contributed by atoms with E-state index in [-0.39, 0.29) is 11.8 Å². The third kappa shape index (κ3) is 5.18. The van der Waals surface area contributed by atoms with Crippen LogP contribution in [0.5, 0.6) is 0 Å². The molecule has 0 spiro atoms. The molecule has 2 amide bonds. The Morgan fingerprint density at radius 1 is 1.06 bits per heavy atom. The first kappa shape index (κ1) is 23.2. The first-order chi connectivity index (χ1) is 16.0. The molecule has 1 aromatic heterocycles. The van der Waals surface area contributed by atoms with Crippen molar-refractivity contribution in [1.82, 2.24) is 9.80 Å². The second kappa shape index (κ2) is 10.3. The number of amides is 2. The molecular formula is C27H31N3O2S. The van der Waals surface area contributed by atoms with Crippen LogP contribution in [0.2, 0.25) is 0 Å². The second-order valence-corrected chi connectivity index (χ2v) is 9.44. The Balaban J connectivity index is 1.45. The largest absolute Gasteiger partial charge is 0.334 e. The van der Waals surface area contributed by atoms with Gasteiger partial charge in [-0.05, 0) is 78.8 Å². The number of thiophene rings is 1. The van der Waals surface area contributed by atoms with Crippen molar-refractivity contribution < 1.29 is 9.59 Å². The molecule has 4 rings (SSSR count). The molecule has 5 nitrogen and oxygen atoms in total. The quantitative estimate of drug-likeness (QED) is 0.516. The average Bonchev–Trinajstić information content (AvgIpc) is 3.31. The van der Waals surface area contributed by atoms with E-state index in [1.54, 1.807) is 11.3 Å². The van der Waals surface area contributed by atoms with E-state index in [2.05, 4.69) is 35.5 Å². The number of nitrogens with one attached hydrogen (secondary N) is 1. The van der Waals surface area contributed by atoms with Crippen LogP contribution < -0.4 is 5.32 Å². The van der Waals surface area contributed by atoms with Gasteiger partial charge in [0.05, 0.1) is 0 Å². The first-order valence-electron chi connectivity index (χ1n) is 11.6. The molecule has 2 heterocycles. The summed E-state index contributed by atoms with van der Waals surface area (Å²) in [5, 5.41) is 5.09. The maximum absolute atomic E-state index is 13.2. The molecule has 0 unspecified atom stereocenters. The van der Waals surface area contributed by atoms with Crippen LogP contribution in [0.4, 0.5) is 5.69 Å². The van der Waals surface area contributed by atoms with Crippen LogP contribution >= 0.6 is 11.3 Å². The lowest BCUT2D eigenvalue weighted by atomic mass is 10.0. The van der Waals surface area contributed by atoms with Crippen LogP contribution in [0, 0.1) is 6.92 Å². The number of hydrogen-bond acceptors (Lipinski definition) is 4. The molecule has 33 heavy (non-hydrogen) atoms. The highest BCUT2D eigenvalue weighted by molar-refractivity contribution is 7.10. The second-order valence-electron chi connectivity index (χ2n) is 8.44. The lowest BCUT2D eigenvalue weighted by Gasteiger charge is -2.28. The lowest BCUT2D eigenvalue weighted by Crippen LogP contribution is -2.35. The number of anilines is 1. The molecule has 3 aromatic rings. The SMILES string of the molecule is CCN(CC)Cc1ccc(C(=O)Nc2cccc(C(=O)N3CCc4sccc4C3)c2C)cc1. The van der Waals surface area contributed by atoms with Gasteiger partial charge >= 0.3 is 0 Å². The predicted octanol–water partition coefficient (Wildman–Crippen LogP) is 5.35. The summed E-state index contributed by atoms with van der Waals surface area (Å²) in [5.74, 6) is -0.154. The van der Waals surface area contributed by atoms with Gasteiger partial charge in [-0.25, -0.2) is 0 Å². The van der Waals surface area contributed by atoms with Gasteiger partial charge in [-0.3, -0.25) is 14.5 Å². The number of nitrogens with zero attached hydrogens (tertiary/aromatic N) is 2. The van der Waals surface area contributed by atoms with Crippen molar-refractivity contribution in [2.75, 3.05) is 25.0 Å². The van der Waals surface area contributed by atoms with E-state index in [4.69, 9.17) is 0 Å². The predicted molar refractivity (Wildman–Crippen MR) is 135 cm³/mol. The molecule has 6 heteroatoms. The summed E-state index contributed by atoms with van der Waals surface area (Å²) in [6.45, 7) is 10.4. The van der Waals surface area contributed by atoms with Gasteiger partial charge in [0.15, 0.2) is 0 Å². The number of fused-ring (bicyclic) bond motifs is 1. The van der Waals surface area contributed by atoms with Crippen molar-refractivity contribution in [1.29, 1.82) is 0 Å². The minimum absolute atomic E-state index is 0.0150. The van der Waals surface area contributed by atoms with Crippen molar-refractivity contribution in [2.24, 2.45) is 0 Å². The normalized spacial score (nSPS) is 13.2. The highest BCUT2D eigenvalue weighted by atomic mass is 32.1. The van der Waals surface area contributed by atoms with Crippen molar-refractivity contribution in [3.8, 4) is 0 Å². The maximum Gasteiger partial charge on any atom is 0.255 e. The van der Waals surface area contributed by atoms with Gasteiger partial charge < -0.3 is 10.2 Å². The zero-order valence-electron chi connectivity index (χ0n) is 19.6. The summed E-state index contributed by atoms with van der Waals surface area (Å²) in [6.07, 6.45) is 0.901. The van der Waals surface area contributed by atoms with E-state index in [9.17, 15) is 9.59 Å². The molecule has 0 aliphatic carbocycles. The molecule has 0 fully saturated rings. The molecule has 0 bridgehead atoms. The molecule has 0 atom stereocenters. The average molecular weight is 462 g/mol.